The fraction of sp³-hybridized carbons (Fsp3) is 0.600. The van der Waals surface area contributed by atoms with Crippen LogP contribution in [0.1, 0.15) is 20.8 Å². The van der Waals surface area contributed by atoms with Crippen LogP contribution in [0.2, 0.25) is 0 Å². The van der Waals surface area contributed by atoms with Gasteiger partial charge in [-0.3, -0.25) is 9.59 Å². The van der Waals surface area contributed by atoms with Gasteiger partial charge in [0.15, 0.2) is 17.7 Å². The summed E-state index contributed by atoms with van der Waals surface area (Å²) >= 11 is 0. The second kappa shape index (κ2) is 3.29. The predicted octanol–water partition coefficient (Wildman–Crippen LogP) is 0.241. The van der Waals surface area contributed by atoms with E-state index in [1.165, 1.54) is 21.0 Å². The molecule has 0 aromatic rings. The molecule has 1 rings (SSSR count). The number of ether oxygens (including phenoxy) is 1. The first-order chi connectivity index (χ1) is 6.34. The minimum atomic E-state index is -1.37. The molecule has 0 aromatic carbocycles. The summed E-state index contributed by atoms with van der Waals surface area (Å²) in [5, 5.41) is 9.96. The number of aliphatic hydroxyl groups is 1. The third-order valence-electron chi connectivity index (χ3n) is 2.72. The zero-order valence-corrected chi connectivity index (χ0v) is 8.75. The van der Waals surface area contributed by atoms with Crippen LogP contribution >= 0.6 is 0 Å². The summed E-state index contributed by atoms with van der Waals surface area (Å²) in [4.78, 5) is 22.8. The smallest absolute Gasteiger partial charge is 0.198 e. The number of ketones is 2. The van der Waals surface area contributed by atoms with Gasteiger partial charge in [-0.05, 0) is 26.3 Å². The Morgan fingerprint density at radius 1 is 1.57 bits per heavy atom. The summed E-state index contributed by atoms with van der Waals surface area (Å²) in [5.41, 5.74) is -0.906. The van der Waals surface area contributed by atoms with Crippen LogP contribution < -0.4 is 0 Å². The van der Waals surface area contributed by atoms with E-state index < -0.39 is 17.5 Å². The fourth-order valence-corrected chi connectivity index (χ4v) is 1.79. The molecule has 0 heterocycles. The minimum absolute atomic E-state index is 0.0712. The summed E-state index contributed by atoms with van der Waals surface area (Å²) in [6.07, 6.45) is -0.957. The Labute approximate surface area is 82.6 Å². The molecule has 4 heteroatoms. The zero-order chi connectivity index (χ0) is 11.1. The van der Waals surface area contributed by atoms with Crippen molar-refractivity contribution in [2.24, 2.45) is 0 Å². The Morgan fingerprint density at radius 2 is 2.07 bits per heavy atom. The second-order valence-electron chi connectivity index (χ2n) is 3.68. The summed E-state index contributed by atoms with van der Waals surface area (Å²) in [7, 11) is 1.34. The van der Waals surface area contributed by atoms with Crippen molar-refractivity contribution in [2.75, 3.05) is 7.11 Å². The Hall–Kier alpha value is -1.00. The normalized spacial score (nSPS) is 32.6. The van der Waals surface area contributed by atoms with E-state index in [4.69, 9.17) is 4.74 Å². The Bertz CT molecular complexity index is 325. The second-order valence-corrected chi connectivity index (χ2v) is 3.68. The molecular weight excluding hydrogens is 184 g/mol. The highest BCUT2D eigenvalue weighted by molar-refractivity contribution is 6.24. The van der Waals surface area contributed by atoms with Gasteiger partial charge in [-0.2, -0.15) is 0 Å². The number of hydrogen-bond donors (Lipinski definition) is 1. The van der Waals surface area contributed by atoms with Crippen molar-refractivity contribution in [2.45, 2.75) is 32.5 Å². The summed E-state index contributed by atoms with van der Waals surface area (Å²) < 4.78 is 4.90. The van der Waals surface area contributed by atoms with Crippen molar-refractivity contribution >= 4 is 11.6 Å². The summed E-state index contributed by atoms with van der Waals surface area (Å²) in [6, 6.07) is 0. The van der Waals surface area contributed by atoms with Crippen molar-refractivity contribution < 1.29 is 19.4 Å². The summed E-state index contributed by atoms with van der Waals surface area (Å²) in [5.74, 6) is -0.755. The van der Waals surface area contributed by atoms with Crippen LogP contribution in [0.4, 0.5) is 0 Å². The Kier molecular flexibility index (Phi) is 2.61. The third kappa shape index (κ3) is 1.31. The molecule has 0 saturated heterocycles. The molecule has 0 aromatic heterocycles. The lowest BCUT2D eigenvalue weighted by Gasteiger charge is -2.24. The number of hydrogen-bond acceptors (Lipinski definition) is 4. The topological polar surface area (TPSA) is 63.6 Å². The molecule has 4 nitrogen and oxygen atoms in total. The maximum Gasteiger partial charge on any atom is 0.198 e. The summed E-state index contributed by atoms with van der Waals surface area (Å²) in [6.45, 7) is 4.36. The van der Waals surface area contributed by atoms with Crippen LogP contribution in [0.25, 0.3) is 0 Å². The van der Waals surface area contributed by atoms with Gasteiger partial charge < -0.3 is 9.84 Å². The number of Topliss-reactive ketones (excluding diaryl/α,β-unsaturated/α-hetero) is 2. The van der Waals surface area contributed by atoms with E-state index in [0.29, 0.717) is 5.57 Å². The molecule has 0 aliphatic heterocycles. The van der Waals surface area contributed by atoms with Crippen molar-refractivity contribution in [3.8, 4) is 0 Å². The largest absolute Gasteiger partial charge is 0.383 e. The van der Waals surface area contributed by atoms with E-state index in [9.17, 15) is 14.7 Å². The van der Waals surface area contributed by atoms with Crippen molar-refractivity contribution in [3.63, 3.8) is 0 Å². The highest BCUT2D eigenvalue weighted by Gasteiger charge is 2.49. The first-order valence-corrected chi connectivity index (χ1v) is 4.35. The van der Waals surface area contributed by atoms with Gasteiger partial charge in [-0.25, -0.2) is 0 Å². The standard InChI is InChI=1S/C10H14O4/c1-5-7(6(2)11)8(12)9(14-4)10(5,3)13/h9,13H,1-4H3/t9-,10-/m1/s1. The number of carbonyl (C=O) groups is 2. The van der Waals surface area contributed by atoms with Crippen LogP contribution in [-0.4, -0.2) is 35.5 Å². The van der Waals surface area contributed by atoms with Crippen LogP contribution in [-0.2, 0) is 14.3 Å². The molecule has 0 fully saturated rings. The molecule has 0 spiro atoms. The Morgan fingerprint density at radius 3 is 2.29 bits per heavy atom. The van der Waals surface area contributed by atoms with Gasteiger partial charge in [0.05, 0.1) is 5.57 Å². The van der Waals surface area contributed by atoms with E-state index in [1.807, 2.05) is 0 Å². The Balaban J connectivity index is 3.26. The molecular formula is C10H14O4. The molecule has 1 aliphatic carbocycles. The van der Waals surface area contributed by atoms with Gasteiger partial charge in [0.1, 0.15) is 5.60 Å². The lowest BCUT2D eigenvalue weighted by Crippen LogP contribution is -2.41. The van der Waals surface area contributed by atoms with E-state index in [2.05, 4.69) is 0 Å². The van der Waals surface area contributed by atoms with Crippen LogP contribution in [0.15, 0.2) is 11.1 Å². The van der Waals surface area contributed by atoms with Crippen LogP contribution in [0.5, 0.6) is 0 Å². The van der Waals surface area contributed by atoms with Gasteiger partial charge >= 0.3 is 0 Å². The van der Waals surface area contributed by atoms with Crippen molar-refractivity contribution in [1.82, 2.24) is 0 Å². The zero-order valence-electron chi connectivity index (χ0n) is 8.75. The van der Waals surface area contributed by atoms with Gasteiger partial charge in [0, 0.05) is 7.11 Å². The highest BCUT2D eigenvalue weighted by atomic mass is 16.5. The molecule has 0 radical (unpaired) electrons. The molecule has 0 amide bonds. The molecule has 0 saturated carbocycles. The molecule has 78 valence electrons. The fourth-order valence-electron chi connectivity index (χ4n) is 1.79. The number of methoxy groups -OCH3 is 1. The van der Waals surface area contributed by atoms with E-state index >= 15 is 0 Å². The minimum Gasteiger partial charge on any atom is -0.383 e. The first kappa shape index (κ1) is 11.1. The van der Waals surface area contributed by atoms with Gasteiger partial charge in [-0.15, -0.1) is 0 Å². The maximum atomic E-state index is 11.6. The van der Waals surface area contributed by atoms with E-state index in [0.717, 1.165) is 0 Å². The molecule has 1 N–H and O–H groups in total. The molecule has 1 aliphatic rings. The maximum absolute atomic E-state index is 11.6. The lowest BCUT2D eigenvalue weighted by atomic mass is 9.96. The highest BCUT2D eigenvalue weighted by Crippen LogP contribution is 2.34. The monoisotopic (exact) mass is 198 g/mol. The molecule has 2 atom stereocenters. The number of rotatable bonds is 2. The van der Waals surface area contributed by atoms with Gasteiger partial charge in [0.25, 0.3) is 0 Å². The average molecular weight is 198 g/mol. The van der Waals surface area contributed by atoms with Crippen molar-refractivity contribution in [3.05, 3.63) is 11.1 Å². The molecule has 14 heavy (non-hydrogen) atoms. The lowest BCUT2D eigenvalue weighted by molar-refractivity contribution is -0.134. The van der Waals surface area contributed by atoms with Crippen molar-refractivity contribution in [1.29, 1.82) is 0 Å². The molecule has 0 bridgehead atoms. The SMILES string of the molecule is CO[C@@H]1C(=O)C(C(C)=O)=C(C)[C@@]1(C)O. The van der Waals surface area contributed by atoms with E-state index in [1.54, 1.807) is 6.92 Å². The predicted molar refractivity (Wildman–Crippen MR) is 49.8 cm³/mol. The van der Waals surface area contributed by atoms with E-state index in [-0.39, 0.29) is 11.4 Å². The van der Waals surface area contributed by atoms with Crippen LogP contribution in [0, 0.1) is 0 Å². The van der Waals surface area contributed by atoms with Crippen LogP contribution in [0.3, 0.4) is 0 Å². The first-order valence-electron chi connectivity index (χ1n) is 4.35. The third-order valence-corrected chi connectivity index (χ3v) is 2.72. The number of carbonyl (C=O) groups excluding carboxylic acids is 2. The quantitative estimate of drug-likeness (QED) is 0.645. The molecule has 0 unspecified atom stereocenters. The van der Waals surface area contributed by atoms with Gasteiger partial charge in [0.2, 0.25) is 0 Å². The average Bonchev–Trinajstić information content (AvgIpc) is 2.19. The van der Waals surface area contributed by atoms with Gasteiger partial charge in [-0.1, -0.05) is 0 Å².